The predicted molar refractivity (Wildman–Crippen MR) is 84.2 cm³/mol. The van der Waals surface area contributed by atoms with E-state index in [2.05, 4.69) is 33.9 Å². The van der Waals surface area contributed by atoms with Crippen LogP contribution in [0, 0.1) is 0 Å². The van der Waals surface area contributed by atoms with Crippen molar-refractivity contribution in [1.29, 1.82) is 0 Å². The molecule has 3 aromatic rings. The fourth-order valence-corrected chi connectivity index (χ4v) is 4.08. The van der Waals surface area contributed by atoms with Crippen LogP contribution in [-0.2, 0) is 0 Å². The largest absolute Gasteiger partial charge is 0.326 e. The summed E-state index contributed by atoms with van der Waals surface area (Å²) in [6.45, 7) is 2.12. The molecule has 104 valence electrons. The predicted octanol–water partition coefficient (Wildman–Crippen LogP) is 3.36. The molecule has 0 aliphatic carbocycles. The van der Waals surface area contributed by atoms with Crippen LogP contribution < -0.4 is 5.73 Å². The quantitative estimate of drug-likeness (QED) is 0.734. The van der Waals surface area contributed by atoms with Crippen molar-refractivity contribution < 1.29 is 0 Å². The summed E-state index contributed by atoms with van der Waals surface area (Å²) in [6, 6.07) is 8.15. The molecule has 3 heterocycles. The zero-order chi connectivity index (χ0) is 13.9. The van der Waals surface area contributed by atoms with Crippen molar-refractivity contribution in [2.45, 2.75) is 29.8 Å². The molecule has 0 radical (unpaired) electrons. The first kappa shape index (κ1) is 13.6. The molecule has 3 rings (SSSR count). The molecule has 20 heavy (non-hydrogen) atoms. The number of pyridine rings is 1. The first-order chi connectivity index (χ1) is 9.79. The molecule has 0 aromatic carbocycles. The summed E-state index contributed by atoms with van der Waals surface area (Å²) in [7, 11) is 0. The summed E-state index contributed by atoms with van der Waals surface area (Å²) in [5, 5.41) is 13.8. The Balaban J connectivity index is 1.93. The summed E-state index contributed by atoms with van der Waals surface area (Å²) in [6.07, 6.45) is 2.92. The molecular formula is C14H16N4S2. The van der Waals surface area contributed by atoms with E-state index in [0.29, 0.717) is 0 Å². The lowest BCUT2D eigenvalue weighted by atomic mass is 10.1. The highest BCUT2D eigenvalue weighted by atomic mass is 32.2. The smallest absolute Gasteiger partial charge is 0.196 e. The van der Waals surface area contributed by atoms with Crippen LogP contribution in [0.25, 0.3) is 5.65 Å². The van der Waals surface area contributed by atoms with E-state index in [1.165, 1.54) is 5.56 Å². The molecule has 0 fully saturated rings. The van der Waals surface area contributed by atoms with Crippen LogP contribution in [0.1, 0.15) is 24.2 Å². The van der Waals surface area contributed by atoms with Gasteiger partial charge in [0.25, 0.3) is 0 Å². The van der Waals surface area contributed by atoms with Gasteiger partial charge < -0.3 is 5.73 Å². The Morgan fingerprint density at radius 3 is 3.00 bits per heavy atom. The molecule has 0 spiro atoms. The molecule has 0 saturated heterocycles. The number of fused-ring (bicyclic) bond motifs is 1. The number of nitrogens with two attached hydrogens (primary N) is 1. The topological polar surface area (TPSA) is 56.2 Å². The Hall–Kier alpha value is -1.37. The van der Waals surface area contributed by atoms with Gasteiger partial charge in [-0.15, -0.1) is 10.2 Å². The third-order valence-electron chi connectivity index (χ3n) is 3.25. The van der Waals surface area contributed by atoms with Gasteiger partial charge in [-0.3, -0.25) is 4.40 Å². The zero-order valence-electron chi connectivity index (χ0n) is 11.1. The lowest BCUT2D eigenvalue weighted by Crippen LogP contribution is -2.25. The van der Waals surface area contributed by atoms with E-state index in [1.807, 2.05) is 28.8 Å². The maximum Gasteiger partial charge on any atom is 0.196 e. The number of rotatable bonds is 5. The van der Waals surface area contributed by atoms with E-state index in [1.54, 1.807) is 23.1 Å². The Morgan fingerprint density at radius 1 is 1.35 bits per heavy atom. The molecule has 0 aliphatic rings. The standard InChI is InChI=1S/C14H16N4S2/c1-2-11(15)13(10-6-8-19-9-10)20-14-17-16-12-5-3-4-7-18(12)14/h3-9,11,13H,2,15H2,1H3. The van der Waals surface area contributed by atoms with Crippen LogP contribution >= 0.6 is 23.1 Å². The molecule has 0 amide bonds. The van der Waals surface area contributed by atoms with Crippen LogP contribution in [-0.4, -0.2) is 20.6 Å². The van der Waals surface area contributed by atoms with Crippen LogP contribution in [0.5, 0.6) is 0 Å². The summed E-state index contributed by atoms with van der Waals surface area (Å²) in [4.78, 5) is 0. The normalized spacial score (nSPS) is 14.5. The van der Waals surface area contributed by atoms with Gasteiger partial charge >= 0.3 is 0 Å². The Bertz CT molecular complexity index is 677. The first-order valence-corrected chi connectivity index (χ1v) is 8.36. The molecule has 3 aromatic heterocycles. The maximum atomic E-state index is 6.30. The first-order valence-electron chi connectivity index (χ1n) is 6.53. The molecule has 2 unspecified atom stereocenters. The van der Waals surface area contributed by atoms with Crippen molar-refractivity contribution in [2.24, 2.45) is 5.73 Å². The van der Waals surface area contributed by atoms with Crippen molar-refractivity contribution in [1.82, 2.24) is 14.6 Å². The van der Waals surface area contributed by atoms with Crippen LogP contribution in [0.2, 0.25) is 0 Å². The average molecular weight is 304 g/mol. The zero-order valence-corrected chi connectivity index (χ0v) is 12.8. The number of thiophene rings is 1. The Kier molecular flexibility index (Phi) is 4.05. The summed E-state index contributed by atoms with van der Waals surface area (Å²) >= 11 is 3.39. The monoisotopic (exact) mass is 304 g/mol. The highest BCUT2D eigenvalue weighted by Crippen LogP contribution is 2.38. The summed E-state index contributed by atoms with van der Waals surface area (Å²) in [5.74, 6) is 0. The van der Waals surface area contributed by atoms with E-state index < -0.39 is 0 Å². The van der Waals surface area contributed by atoms with Gasteiger partial charge in [0.15, 0.2) is 10.8 Å². The number of hydrogen-bond donors (Lipinski definition) is 1. The highest BCUT2D eigenvalue weighted by molar-refractivity contribution is 7.99. The summed E-state index contributed by atoms with van der Waals surface area (Å²) in [5.41, 5.74) is 8.43. The summed E-state index contributed by atoms with van der Waals surface area (Å²) < 4.78 is 2.01. The van der Waals surface area contributed by atoms with Gasteiger partial charge in [0.1, 0.15) is 0 Å². The van der Waals surface area contributed by atoms with Gasteiger partial charge in [-0.25, -0.2) is 0 Å². The minimum atomic E-state index is 0.102. The fraction of sp³-hybridized carbons (Fsp3) is 0.286. The molecule has 0 saturated carbocycles. The Morgan fingerprint density at radius 2 is 2.25 bits per heavy atom. The fourth-order valence-electron chi connectivity index (χ4n) is 2.07. The van der Waals surface area contributed by atoms with E-state index >= 15 is 0 Å². The number of aromatic nitrogens is 3. The molecule has 0 aliphatic heterocycles. The second kappa shape index (κ2) is 5.95. The van der Waals surface area contributed by atoms with Gasteiger partial charge in [0, 0.05) is 12.2 Å². The third-order valence-corrected chi connectivity index (χ3v) is 5.31. The van der Waals surface area contributed by atoms with Gasteiger partial charge in [-0.1, -0.05) is 24.8 Å². The number of thioether (sulfide) groups is 1. The number of hydrogen-bond acceptors (Lipinski definition) is 5. The second-order valence-corrected chi connectivity index (χ2v) is 6.47. The van der Waals surface area contributed by atoms with Gasteiger partial charge in [0.05, 0.1) is 5.25 Å². The van der Waals surface area contributed by atoms with Crippen LogP contribution in [0.15, 0.2) is 46.4 Å². The average Bonchev–Trinajstić information content (AvgIpc) is 3.13. The van der Waals surface area contributed by atoms with Crippen molar-refractivity contribution in [3.63, 3.8) is 0 Å². The lowest BCUT2D eigenvalue weighted by Gasteiger charge is -2.20. The van der Waals surface area contributed by atoms with Crippen molar-refractivity contribution in [3.8, 4) is 0 Å². The van der Waals surface area contributed by atoms with E-state index in [9.17, 15) is 0 Å². The number of nitrogens with zero attached hydrogens (tertiary/aromatic N) is 3. The highest BCUT2D eigenvalue weighted by Gasteiger charge is 2.22. The van der Waals surface area contributed by atoms with Crippen LogP contribution in [0.3, 0.4) is 0 Å². The molecular weight excluding hydrogens is 288 g/mol. The van der Waals surface area contributed by atoms with Gasteiger partial charge in [0.2, 0.25) is 0 Å². The van der Waals surface area contributed by atoms with Gasteiger partial charge in [-0.2, -0.15) is 11.3 Å². The van der Waals surface area contributed by atoms with E-state index in [-0.39, 0.29) is 11.3 Å². The third kappa shape index (κ3) is 2.59. The maximum absolute atomic E-state index is 6.30. The van der Waals surface area contributed by atoms with Crippen LogP contribution in [0.4, 0.5) is 0 Å². The molecule has 2 atom stereocenters. The van der Waals surface area contributed by atoms with Gasteiger partial charge in [-0.05, 0) is 40.9 Å². The molecule has 6 heteroatoms. The Labute approximate surface area is 126 Å². The van der Waals surface area contributed by atoms with Crippen molar-refractivity contribution in [3.05, 3.63) is 46.8 Å². The minimum Gasteiger partial charge on any atom is -0.326 e. The van der Waals surface area contributed by atoms with E-state index in [4.69, 9.17) is 5.73 Å². The SMILES string of the molecule is CCC(N)C(Sc1nnc2ccccn12)c1ccsc1. The molecule has 4 nitrogen and oxygen atoms in total. The van der Waals surface area contributed by atoms with Crippen molar-refractivity contribution in [2.75, 3.05) is 0 Å². The van der Waals surface area contributed by atoms with E-state index in [0.717, 1.165) is 17.2 Å². The van der Waals surface area contributed by atoms with Crippen molar-refractivity contribution >= 4 is 28.7 Å². The minimum absolute atomic E-state index is 0.102. The lowest BCUT2D eigenvalue weighted by molar-refractivity contribution is 0.633. The second-order valence-electron chi connectivity index (χ2n) is 4.58. The molecule has 2 N–H and O–H groups in total. The molecule has 0 bridgehead atoms.